The number of aliphatic hydroxyl groups is 2. The minimum atomic E-state index is -3.35. The molecule has 0 aromatic heterocycles. The Bertz CT molecular complexity index is 959. The predicted octanol–water partition coefficient (Wildman–Crippen LogP) is 17.4. The Morgan fingerprint density at radius 3 is 1.08 bits per heavy atom. The van der Waals surface area contributed by atoms with Crippen LogP contribution >= 0.6 is 31.3 Å². The fraction of sp³-hybridized carbons (Fsp3) is 0.982. The van der Waals surface area contributed by atoms with Crippen LogP contribution in [0, 0.1) is 7.05 Å². The maximum absolute atomic E-state index is 13.8. The molecule has 0 saturated heterocycles. The first-order valence-electron chi connectivity index (χ1n) is 28.5. The van der Waals surface area contributed by atoms with E-state index in [4.69, 9.17) is 19.3 Å². The van der Waals surface area contributed by atoms with E-state index in [9.17, 15) is 4.57 Å². The van der Waals surface area contributed by atoms with Gasteiger partial charge in [0.1, 0.15) is 0 Å². The molecule has 0 radical (unpaired) electrons. The van der Waals surface area contributed by atoms with Gasteiger partial charge in [-0.1, -0.05) is 206 Å². The molecule has 3 atom stereocenters. The topological polar surface area (TPSA) is 88.0 Å². The van der Waals surface area contributed by atoms with E-state index in [2.05, 4.69) is 49.5 Å². The lowest BCUT2D eigenvalue weighted by atomic mass is 10.0. The van der Waals surface area contributed by atoms with Crippen LogP contribution in [0.5, 0.6) is 0 Å². The zero-order valence-electron chi connectivity index (χ0n) is 44.1. The highest BCUT2D eigenvalue weighted by atomic mass is 32.2. The van der Waals surface area contributed by atoms with Gasteiger partial charge in [-0.3, -0.25) is 9.05 Å². The van der Waals surface area contributed by atoms with Crippen molar-refractivity contribution in [3.8, 4) is 0 Å². The van der Waals surface area contributed by atoms with Gasteiger partial charge in [0, 0.05) is 37.8 Å². The molecule has 0 spiro atoms. The third-order valence-corrected chi connectivity index (χ3v) is 17.5. The van der Waals surface area contributed by atoms with Crippen LogP contribution in [0.4, 0.5) is 0 Å². The van der Waals surface area contributed by atoms with Gasteiger partial charge < -0.3 is 14.7 Å². The average Bonchev–Trinajstić information content (AvgIpc) is 3.28. The van der Waals surface area contributed by atoms with E-state index in [0.717, 1.165) is 55.6 Å². The van der Waals surface area contributed by atoms with Gasteiger partial charge in [-0.25, -0.2) is 9.65 Å². The van der Waals surface area contributed by atoms with Crippen molar-refractivity contribution in [3.05, 3.63) is 7.05 Å². The normalized spacial score (nSPS) is 14.0. The van der Waals surface area contributed by atoms with Gasteiger partial charge in [-0.2, -0.15) is 23.5 Å². The van der Waals surface area contributed by atoms with Gasteiger partial charge in [-0.05, 0) is 75.7 Å². The summed E-state index contributed by atoms with van der Waals surface area (Å²) in [5, 5.41) is 22.9. The molecule has 0 aliphatic rings. The smallest absolute Gasteiger partial charge is 0.405 e. The van der Waals surface area contributed by atoms with Gasteiger partial charge in [0.2, 0.25) is 0 Å². The van der Waals surface area contributed by atoms with E-state index in [1.54, 1.807) is 0 Å². The summed E-state index contributed by atoms with van der Waals surface area (Å²) in [7, 11) is 4.91. The minimum absolute atomic E-state index is 0.337. The van der Waals surface area contributed by atoms with Gasteiger partial charge in [-0.15, -0.1) is 7.05 Å². The summed E-state index contributed by atoms with van der Waals surface area (Å²) in [4.78, 5) is 0. The standard InChI is InChI=1S/C55H115N2O5PS2/c1-6-8-10-12-15-23-33-43-55(65-53-41-31-21-27-37-49-59)45-35-25-17-19-29-39-51-62-63(60,56-46-47-57(3,4)5)61-50-38-28-18-14-16-24-34-44-54(42-32-22-13-11-9-7-2)64-52-40-30-20-26-36-48-58/h54-55,58-59H,3,6-53H2,1-2,4-5H3,(H,56,60). The second-order valence-electron chi connectivity index (χ2n) is 20.3. The molecule has 0 bridgehead atoms. The van der Waals surface area contributed by atoms with Crippen LogP contribution in [0.2, 0.25) is 0 Å². The van der Waals surface area contributed by atoms with Crippen LogP contribution in [0.3, 0.4) is 0 Å². The van der Waals surface area contributed by atoms with Gasteiger partial charge in [0.05, 0.1) is 26.3 Å². The number of likely N-dealkylation sites (N-methyl/N-ethyl adjacent to an activating group) is 1. The van der Waals surface area contributed by atoms with E-state index in [1.165, 1.54) is 230 Å². The lowest BCUT2D eigenvalue weighted by molar-refractivity contribution is -0.844. The molecular formula is C55H115N2O5PS2. The van der Waals surface area contributed by atoms with Gasteiger partial charge in [0.25, 0.3) is 0 Å². The summed E-state index contributed by atoms with van der Waals surface area (Å²) < 4.78 is 26.3. The van der Waals surface area contributed by atoms with Crippen LogP contribution in [-0.4, -0.2) is 90.3 Å². The molecule has 3 N–H and O–H groups in total. The van der Waals surface area contributed by atoms with E-state index < -0.39 is 7.75 Å². The Morgan fingerprint density at radius 2 is 0.754 bits per heavy atom. The van der Waals surface area contributed by atoms with E-state index in [1.807, 2.05) is 14.1 Å². The number of nitrogens with zero attached hydrogens (tertiary/aromatic N) is 1. The number of hydrogen-bond acceptors (Lipinski definition) is 7. The molecule has 10 heteroatoms. The predicted molar refractivity (Wildman–Crippen MR) is 293 cm³/mol. The molecule has 0 aliphatic heterocycles. The zero-order chi connectivity index (χ0) is 47.6. The van der Waals surface area contributed by atoms with Crippen LogP contribution in [-0.2, 0) is 13.6 Å². The Morgan fingerprint density at radius 1 is 0.462 bits per heavy atom. The monoisotopic (exact) mass is 979 g/mol. The van der Waals surface area contributed by atoms with E-state index >= 15 is 0 Å². The SMILES string of the molecule is [CH2-][N+](C)(C)CCNP(=O)(OCCCCCCCCCC(CCCCCCCC)SCCCCCCCO)OCCCCCCCCC(CCCCCCCCC)SCCCCCCCO. The molecule has 392 valence electrons. The van der Waals surface area contributed by atoms with Crippen molar-refractivity contribution in [1.82, 2.24) is 5.09 Å². The van der Waals surface area contributed by atoms with Crippen molar-refractivity contribution in [3.63, 3.8) is 0 Å². The lowest BCUT2D eigenvalue weighted by Crippen LogP contribution is -2.38. The molecule has 0 heterocycles. The summed E-state index contributed by atoms with van der Waals surface area (Å²) in [5.74, 6) is 2.60. The molecule has 0 aromatic carbocycles. The van der Waals surface area contributed by atoms with Crippen LogP contribution in [0.15, 0.2) is 0 Å². The maximum atomic E-state index is 13.8. The molecular weight excluding hydrogens is 864 g/mol. The highest BCUT2D eigenvalue weighted by Gasteiger charge is 2.24. The Balaban J connectivity index is 4.45. The number of nitrogens with one attached hydrogen (secondary N) is 1. The molecule has 0 rings (SSSR count). The molecule has 3 unspecified atom stereocenters. The molecule has 0 aromatic rings. The fourth-order valence-electron chi connectivity index (χ4n) is 8.62. The first kappa shape index (κ1) is 65.7. The van der Waals surface area contributed by atoms with E-state index in [0.29, 0.717) is 37.5 Å². The van der Waals surface area contributed by atoms with Crippen LogP contribution in [0.25, 0.3) is 0 Å². The molecule has 0 aliphatic carbocycles. The number of aliphatic hydroxyl groups excluding tert-OH is 2. The second kappa shape index (κ2) is 51.1. The van der Waals surface area contributed by atoms with Crippen molar-refractivity contribution >= 4 is 31.3 Å². The summed E-state index contributed by atoms with van der Waals surface area (Å²) in [6, 6.07) is 0. The first-order valence-corrected chi connectivity index (χ1v) is 32.1. The molecule has 65 heavy (non-hydrogen) atoms. The summed E-state index contributed by atoms with van der Waals surface area (Å²) in [6.07, 6.45) is 51.4. The number of unbranched alkanes of at least 4 members (excludes halogenated alkanes) is 30. The summed E-state index contributed by atoms with van der Waals surface area (Å²) in [6.45, 7) is 7.55. The Hall–Kier alpha value is 0.690. The number of thioether (sulfide) groups is 2. The third kappa shape index (κ3) is 50.9. The number of quaternary nitrogens is 1. The summed E-state index contributed by atoms with van der Waals surface area (Å²) in [5.41, 5.74) is 0. The van der Waals surface area contributed by atoms with Crippen molar-refractivity contribution in [1.29, 1.82) is 0 Å². The van der Waals surface area contributed by atoms with Gasteiger partial charge >= 0.3 is 7.75 Å². The highest BCUT2D eigenvalue weighted by molar-refractivity contribution is 8.00. The largest absolute Gasteiger partial charge is 0.461 e. The molecule has 0 saturated carbocycles. The second-order valence-corrected chi connectivity index (χ2v) is 25.0. The van der Waals surface area contributed by atoms with Crippen molar-refractivity contribution in [2.75, 3.05) is 65.1 Å². The Labute approximate surface area is 416 Å². The zero-order valence-corrected chi connectivity index (χ0v) is 46.7. The summed E-state index contributed by atoms with van der Waals surface area (Å²) >= 11 is 4.49. The fourth-order valence-corrected chi connectivity index (χ4v) is 12.7. The maximum Gasteiger partial charge on any atom is 0.405 e. The van der Waals surface area contributed by atoms with Crippen molar-refractivity contribution < 1.29 is 28.3 Å². The molecule has 0 amide bonds. The van der Waals surface area contributed by atoms with Crippen molar-refractivity contribution in [2.45, 2.75) is 281 Å². The van der Waals surface area contributed by atoms with Crippen LogP contribution in [0.1, 0.15) is 271 Å². The highest BCUT2D eigenvalue weighted by Crippen LogP contribution is 2.44. The number of rotatable bonds is 56. The van der Waals surface area contributed by atoms with Crippen LogP contribution < -0.4 is 5.09 Å². The van der Waals surface area contributed by atoms with E-state index in [-0.39, 0.29) is 0 Å². The van der Waals surface area contributed by atoms with Crippen molar-refractivity contribution in [2.24, 2.45) is 0 Å². The number of hydrogen-bond donors (Lipinski definition) is 3. The third-order valence-electron chi connectivity index (χ3n) is 13.0. The molecule has 0 fully saturated rings. The quantitative estimate of drug-likeness (QED) is 0.0240. The Kier molecular flexibility index (Phi) is 51.6. The lowest BCUT2D eigenvalue weighted by Gasteiger charge is -2.33. The average molecular weight is 980 g/mol. The minimum Gasteiger partial charge on any atom is -0.461 e. The van der Waals surface area contributed by atoms with Gasteiger partial charge in [0.15, 0.2) is 0 Å². The molecule has 7 nitrogen and oxygen atoms in total. The first-order chi connectivity index (χ1) is 31.7.